The number of carbonyl (C=O) groups is 1. The van der Waals surface area contributed by atoms with E-state index in [-0.39, 0.29) is 12.1 Å². The molecule has 1 atom stereocenters. The molecule has 25 heavy (non-hydrogen) atoms. The van der Waals surface area contributed by atoms with Gasteiger partial charge in [0.15, 0.2) is 0 Å². The van der Waals surface area contributed by atoms with Crippen LogP contribution in [-0.4, -0.2) is 25.1 Å². The third kappa shape index (κ3) is 4.69. The molecule has 0 fully saturated rings. The third-order valence-electron chi connectivity index (χ3n) is 3.69. The van der Waals surface area contributed by atoms with Gasteiger partial charge in [-0.05, 0) is 18.6 Å². The minimum Gasteiger partial charge on any atom is -0.497 e. The van der Waals surface area contributed by atoms with Crippen LogP contribution in [0.2, 0.25) is 0 Å². The molecular weight excluding hydrogens is 326 g/mol. The summed E-state index contributed by atoms with van der Waals surface area (Å²) < 4.78 is 15.8. The fourth-order valence-electron chi connectivity index (χ4n) is 2.35. The Hall–Kier alpha value is -3.09. The average molecular weight is 345 g/mol. The van der Waals surface area contributed by atoms with Gasteiger partial charge in [-0.2, -0.15) is 0 Å². The molecule has 0 bridgehead atoms. The van der Waals surface area contributed by atoms with Gasteiger partial charge in [-0.25, -0.2) is 0 Å². The van der Waals surface area contributed by atoms with Gasteiger partial charge in [-0.15, -0.1) is 0 Å². The fraction of sp³-hybridized carbons (Fsp3) is 0.278. The van der Waals surface area contributed by atoms with Gasteiger partial charge >= 0.3 is 5.97 Å². The van der Waals surface area contributed by atoms with Crippen molar-refractivity contribution < 1.29 is 23.9 Å². The number of nitrogens with zero attached hydrogens (tertiary/aromatic N) is 1. The van der Waals surface area contributed by atoms with E-state index in [1.807, 2.05) is 0 Å². The number of benzene rings is 2. The van der Waals surface area contributed by atoms with E-state index < -0.39 is 17.0 Å². The number of nitro benzene ring substituents is 1. The molecule has 0 radical (unpaired) electrons. The van der Waals surface area contributed by atoms with E-state index in [9.17, 15) is 14.9 Å². The Labute approximate surface area is 145 Å². The van der Waals surface area contributed by atoms with Crippen LogP contribution in [0, 0.1) is 10.1 Å². The van der Waals surface area contributed by atoms with Gasteiger partial charge in [-0.3, -0.25) is 14.9 Å². The van der Waals surface area contributed by atoms with Crippen molar-refractivity contribution in [2.24, 2.45) is 0 Å². The van der Waals surface area contributed by atoms with E-state index >= 15 is 0 Å². The van der Waals surface area contributed by atoms with E-state index in [1.54, 1.807) is 44.4 Å². The summed E-state index contributed by atoms with van der Waals surface area (Å²) in [6.45, 7) is 1.67. The van der Waals surface area contributed by atoms with Crippen LogP contribution in [0.25, 0.3) is 0 Å². The van der Waals surface area contributed by atoms with E-state index in [2.05, 4.69) is 0 Å². The number of non-ortho nitro benzene ring substituents is 1. The highest BCUT2D eigenvalue weighted by Gasteiger charge is 2.17. The normalized spacial score (nSPS) is 11.5. The van der Waals surface area contributed by atoms with Crippen LogP contribution in [0.15, 0.2) is 42.5 Å². The van der Waals surface area contributed by atoms with Gasteiger partial charge in [0.2, 0.25) is 0 Å². The first-order valence-corrected chi connectivity index (χ1v) is 7.59. The molecule has 2 aromatic rings. The lowest BCUT2D eigenvalue weighted by molar-refractivity contribution is -0.385. The molecule has 0 aliphatic carbocycles. The largest absolute Gasteiger partial charge is 0.497 e. The predicted molar refractivity (Wildman–Crippen MR) is 90.9 cm³/mol. The molecule has 0 N–H and O–H groups in total. The molecule has 0 aliphatic heterocycles. The molecule has 0 heterocycles. The van der Waals surface area contributed by atoms with Crippen molar-refractivity contribution in [2.75, 3.05) is 14.2 Å². The van der Waals surface area contributed by atoms with E-state index in [0.29, 0.717) is 22.6 Å². The van der Waals surface area contributed by atoms with Gasteiger partial charge < -0.3 is 14.2 Å². The van der Waals surface area contributed by atoms with Crippen molar-refractivity contribution >= 4 is 11.7 Å². The Morgan fingerprint density at radius 2 is 1.92 bits per heavy atom. The zero-order valence-electron chi connectivity index (χ0n) is 14.2. The van der Waals surface area contributed by atoms with Crippen molar-refractivity contribution in [3.8, 4) is 11.5 Å². The van der Waals surface area contributed by atoms with Gasteiger partial charge in [0.1, 0.15) is 17.6 Å². The number of nitro groups is 1. The molecule has 2 rings (SSSR count). The molecule has 0 aliphatic rings. The van der Waals surface area contributed by atoms with Gasteiger partial charge in [0, 0.05) is 23.8 Å². The smallest absolute Gasteiger partial charge is 0.311 e. The summed E-state index contributed by atoms with van der Waals surface area (Å²) in [7, 11) is 3.05. The number of carbonyl (C=O) groups excluding carboxylic acids is 1. The maximum atomic E-state index is 12.2. The molecule has 0 aromatic heterocycles. The lowest BCUT2D eigenvalue weighted by Crippen LogP contribution is -2.12. The molecule has 7 heteroatoms. The molecule has 7 nitrogen and oxygen atoms in total. The molecule has 2 aromatic carbocycles. The summed E-state index contributed by atoms with van der Waals surface area (Å²) in [5, 5.41) is 10.8. The molecule has 0 unspecified atom stereocenters. The second kappa shape index (κ2) is 8.14. The summed E-state index contributed by atoms with van der Waals surface area (Å²) >= 11 is 0. The Morgan fingerprint density at radius 3 is 2.56 bits per heavy atom. The quantitative estimate of drug-likeness (QED) is 0.434. The summed E-state index contributed by atoms with van der Waals surface area (Å²) in [4.78, 5) is 22.5. The van der Waals surface area contributed by atoms with Crippen LogP contribution in [-0.2, 0) is 16.0 Å². The molecule has 0 saturated carbocycles. The maximum Gasteiger partial charge on any atom is 0.311 e. The Bertz CT molecular complexity index is 774. The molecule has 0 spiro atoms. The second-order valence-electron chi connectivity index (χ2n) is 5.34. The van der Waals surface area contributed by atoms with Gasteiger partial charge in [0.05, 0.1) is 25.6 Å². The van der Waals surface area contributed by atoms with Crippen LogP contribution in [0.4, 0.5) is 5.69 Å². The van der Waals surface area contributed by atoms with Crippen molar-refractivity contribution in [3.63, 3.8) is 0 Å². The highest BCUT2D eigenvalue weighted by molar-refractivity contribution is 5.74. The van der Waals surface area contributed by atoms with E-state index in [1.165, 1.54) is 19.2 Å². The number of methoxy groups -OCH3 is 2. The number of ether oxygens (including phenoxy) is 3. The zero-order valence-corrected chi connectivity index (χ0v) is 14.2. The Morgan fingerprint density at radius 1 is 1.16 bits per heavy atom. The van der Waals surface area contributed by atoms with Gasteiger partial charge in [0.25, 0.3) is 5.69 Å². The van der Waals surface area contributed by atoms with Crippen molar-refractivity contribution in [1.82, 2.24) is 0 Å². The third-order valence-corrected chi connectivity index (χ3v) is 3.69. The molecule has 0 saturated heterocycles. The average Bonchev–Trinajstić information content (AvgIpc) is 2.61. The topological polar surface area (TPSA) is 87.9 Å². The predicted octanol–water partition coefficient (Wildman–Crippen LogP) is 3.46. The van der Waals surface area contributed by atoms with Crippen LogP contribution < -0.4 is 9.47 Å². The van der Waals surface area contributed by atoms with Crippen molar-refractivity contribution in [3.05, 3.63) is 63.7 Å². The lowest BCUT2D eigenvalue weighted by atomic mass is 10.1. The van der Waals surface area contributed by atoms with Gasteiger partial charge in [-0.1, -0.05) is 18.2 Å². The fourth-order valence-corrected chi connectivity index (χ4v) is 2.35. The summed E-state index contributed by atoms with van der Waals surface area (Å²) in [5.74, 6) is 0.695. The van der Waals surface area contributed by atoms with Crippen molar-refractivity contribution in [1.29, 1.82) is 0 Å². The van der Waals surface area contributed by atoms with Crippen LogP contribution in [0.5, 0.6) is 11.5 Å². The highest BCUT2D eigenvalue weighted by Crippen LogP contribution is 2.26. The minimum atomic E-state index is -0.600. The SMILES string of the molecule is COc1ccc(CC(=O)O[C@@H](C)c2cccc([N+](=O)[O-])c2)c(OC)c1. The minimum absolute atomic E-state index is 0.0203. The number of rotatable bonds is 7. The first-order chi connectivity index (χ1) is 11.9. The maximum absolute atomic E-state index is 12.2. The lowest BCUT2D eigenvalue weighted by Gasteiger charge is -2.15. The number of hydrogen-bond acceptors (Lipinski definition) is 6. The van der Waals surface area contributed by atoms with Crippen molar-refractivity contribution in [2.45, 2.75) is 19.4 Å². The summed E-state index contributed by atoms with van der Waals surface area (Å²) in [6.07, 6.45) is -0.580. The number of hydrogen-bond donors (Lipinski definition) is 0. The highest BCUT2D eigenvalue weighted by atomic mass is 16.6. The summed E-state index contributed by atoms with van der Waals surface area (Å²) in [5.41, 5.74) is 1.18. The molecule has 132 valence electrons. The van der Waals surface area contributed by atoms with Crippen LogP contribution >= 0.6 is 0 Å². The van der Waals surface area contributed by atoms with E-state index in [4.69, 9.17) is 14.2 Å². The monoisotopic (exact) mass is 345 g/mol. The first-order valence-electron chi connectivity index (χ1n) is 7.59. The zero-order chi connectivity index (χ0) is 18.4. The first kappa shape index (κ1) is 18.3. The number of esters is 1. The van der Waals surface area contributed by atoms with Crippen LogP contribution in [0.1, 0.15) is 24.2 Å². The standard InChI is InChI=1S/C18H19NO6/c1-12(13-5-4-6-15(9-13)19(21)22)25-18(20)10-14-7-8-16(23-2)11-17(14)24-3/h4-9,11-12H,10H2,1-3H3/t12-/m0/s1. The molecule has 0 amide bonds. The molecular formula is C18H19NO6. The Kier molecular flexibility index (Phi) is 5.94. The van der Waals surface area contributed by atoms with Crippen LogP contribution in [0.3, 0.4) is 0 Å². The Balaban J connectivity index is 2.07. The second-order valence-corrected chi connectivity index (χ2v) is 5.34. The summed E-state index contributed by atoms with van der Waals surface area (Å²) in [6, 6.07) is 11.2. The van der Waals surface area contributed by atoms with E-state index in [0.717, 1.165) is 0 Å².